The lowest BCUT2D eigenvalue weighted by Gasteiger charge is -2.47. The summed E-state index contributed by atoms with van der Waals surface area (Å²) in [6.45, 7) is 3.71. The Labute approximate surface area is 114 Å². The van der Waals surface area contributed by atoms with E-state index in [1.165, 1.54) is 30.4 Å². The summed E-state index contributed by atoms with van der Waals surface area (Å²) in [6, 6.07) is 9.23. The summed E-state index contributed by atoms with van der Waals surface area (Å²) in [5.41, 5.74) is 2.95. The van der Waals surface area contributed by atoms with Gasteiger partial charge in [0.15, 0.2) is 0 Å². The van der Waals surface area contributed by atoms with Crippen LogP contribution in [0.4, 0.5) is 0 Å². The Morgan fingerprint density at radius 3 is 2.84 bits per heavy atom. The Balaban J connectivity index is 1.68. The number of carboxylic acids is 1. The first-order valence-electron chi connectivity index (χ1n) is 7.21. The fourth-order valence-electron chi connectivity index (χ4n) is 3.43. The van der Waals surface area contributed by atoms with Gasteiger partial charge in [0.05, 0.1) is 5.92 Å². The molecular weight excluding hydrogens is 238 g/mol. The molecule has 2 atom stereocenters. The molecule has 1 aliphatic carbocycles. The van der Waals surface area contributed by atoms with Crippen molar-refractivity contribution in [1.82, 2.24) is 4.90 Å². The molecule has 0 radical (unpaired) electrons. The molecule has 102 valence electrons. The van der Waals surface area contributed by atoms with Crippen LogP contribution in [0.25, 0.3) is 0 Å². The van der Waals surface area contributed by atoms with Gasteiger partial charge in [-0.05, 0) is 36.3 Å². The lowest BCUT2D eigenvalue weighted by molar-refractivity contribution is -0.146. The number of rotatable bonds is 3. The summed E-state index contributed by atoms with van der Waals surface area (Å²) in [6.07, 6.45) is 3.65. The van der Waals surface area contributed by atoms with E-state index in [4.69, 9.17) is 5.11 Å². The van der Waals surface area contributed by atoms with Crippen molar-refractivity contribution < 1.29 is 9.90 Å². The molecule has 1 aromatic carbocycles. The molecular formula is C16H21NO2. The van der Waals surface area contributed by atoms with Crippen molar-refractivity contribution >= 4 is 5.97 Å². The number of benzene rings is 1. The molecule has 1 N–H and O–H groups in total. The number of carbonyl (C=O) groups is 1. The molecule has 1 aliphatic heterocycles. The average molecular weight is 259 g/mol. The predicted octanol–water partition coefficient (Wildman–Crippen LogP) is 2.72. The van der Waals surface area contributed by atoms with Gasteiger partial charge in [0.1, 0.15) is 0 Å². The zero-order chi connectivity index (χ0) is 13.4. The number of aryl methyl sites for hydroxylation is 1. The first-order valence-corrected chi connectivity index (χ1v) is 7.21. The van der Waals surface area contributed by atoms with E-state index in [1.54, 1.807) is 0 Å². The Morgan fingerprint density at radius 1 is 1.37 bits per heavy atom. The monoisotopic (exact) mass is 259 g/mol. The quantitative estimate of drug-likeness (QED) is 0.907. The van der Waals surface area contributed by atoms with Crippen LogP contribution in [-0.4, -0.2) is 29.1 Å². The van der Waals surface area contributed by atoms with E-state index in [1.807, 2.05) is 6.92 Å². The lowest BCUT2D eigenvalue weighted by Crippen LogP contribution is -2.52. The van der Waals surface area contributed by atoms with E-state index < -0.39 is 5.97 Å². The van der Waals surface area contributed by atoms with Gasteiger partial charge in [0, 0.05) is 19.1 Å². The number of nitrogens with zero attached hydrogens (tertiary/aromatic N) is 1. The van der Waals surface area contributed by atoms with Crippen LogP contribution < -0.4 is 0 Å². The molecule has 3 heteroatoms. The van der Waals surface area contributed by atoms with Crippen LogP contribution in [0.2, 0.25) is 0 Å². The SMILES string of the molecule is CC(C(=O)O)C1CN(C2CCCc3ccccc32)C1. The largest absolute Gasteiger partial charge is 0.481 e. The summed E-state index contributed by atoms with van der Waals surface area (Å²) >= 11 is 0. The Kier molecular flexibility index (Phi) is 3.31. The van der Waals surface area contributed by atoms with Crippen molar-refractivity contribution in [1.29, 1.82) is 0 Å². The molecule has 0 spiro atoms. The smallest absolute Gasteiger partial charge is 0.306 e. The van der Waals surface area contributed by atoms with Crippen molar-refractivity contribution in [2.45, 2.75) is 32.2 Å². The Hall–Kier alpha value is -1.35. The second-order valence-corrected chi connectivity index (χ2v) is 5.95. The minimum atomic E-state index is -0.659. The molecule has 2 unspecified atom stereocenters. The van der Waals surface area contributed by atoms with Crippen LogP contribution in [0.3, 0.4) is 0 Å². The number of aliphatic carboxylic acids is 1. The van der Waals surface area contributed by atoms with Crippen molar-refractivity contribution in [3.05, 3.63) is 35.4 Å². The predicted molar refractivity (Wildman–Crippen MR) is 74.0 cm³/mol. The van der Waals surface area contributed by atoms with E-state index in [9.17, 15) is 4.79 Å². The van der Waals surface area contributed by atoms with Crippen LogP contribution in [-0.2, 0) is 11.2 Å². The molecule has 1 fully saturated rings. The Bertz CT molecular complexity index is 479. The number of hydrogen-bond acceptors (Lipinski definition) is 2. The molecule has 1 heterocycles. The molecule has 3 nitrogen and oxygen atoms in total. The summed E-state index contributed by atoms with van der Waals surface area (Å²) in [5, 5.41) is 9.05. The highest BCUT2D eigenvalue weighted by molar-refractivity contribution is 5.70. The van der Waals surface area contributed by atoms with Crippen molar-refractivity contribution in [3.63, 3.8) is 0 Å². The van der Waals surface area contributed by atoms with Gasteiger partial charge in [0.25, 0.3) is 0 Å². The number of fused-ring (bicyclic) bond motifs is 1. The highest BCUT2D eigenvalue weighted by Crippen LogP contribution is 2.39. The van der Waals surface area contributed by atoms with Gasteiger partial charge in [0.2, 0.25) is 0 Å². The Morgan fingerprint density at radius 2 is 2.11 bits per heavy atom. The number of hydrogen-bond donors (Lipinski definition) is 1. The molecule has 1 saturated heterocycles. The fraction of sp³-hybridized carbons (Fsp3) is 0.562. The highest BCUT2D eigenvalue weighted by Gasteiger charge is 2.39. The molecule has 0 saturated carbocycles. The summed E-state index contributed by atoms with van der Waals surface area (Å²) in [5.74, 6) is -0.546. The van der Waals surface area contributed by atoms with Gasteiger partial charge in [-0.1, -0.05) is 31.2 Å². The standard InChI is InChI=1S/C16H21NO2/c1-11(16(18)19)13-9-17(10-13)15-8-4-6-12-5-2-3-7-14(12)15/h2-3,5,7,11,13,15H,4,6,8-10H2,1H3,(H,18,19). The van der Waals surface area contributed by atoms with Crippen molar-refractivity contribution in [2.24, 2.45) is 11.8 Å². The summed E-state index contributed by atoms with van der Waals surface area (Å²) < 4.78 is 0. The van der Waals surface area contributed by atoms with Crippen LogP contribution in [0.5, 0.6) is 0 Å². The lowest BCUT2D eigenvalue weighted by atomic mass is 9.81. The van der Waals surface area contributed by atoms with Gasteiger partial charge >= 0.3 is 5.97 Å². The summed E-state index contributed by atoms with van der Waals surface area (Å²) in [7, 11) is 0. The first-order chi connectivity index (χ1) is 9.16. The van der Waals surface area contributed by atoms with Gasteiger partial charge in [-0.2, -0.15) is 0 Å². The molecule has 1 aromatic rings. The van der Waals surface area contributed by atoms with Gasteiger partial charge in [-0.3, -0.25) is 9.69 Å². The van der Waals surface area contributed by atoms with E-state index in [0.29, 0.717) is 12.0 Å². The second-order valence-electron chi connectivity index (χ2n) is 5.95. The number of likely N-dealkylation sites (tertiary alicyclic amines) is 1. The molecule has 3 rings (SSSR count). The van der Waals surface area contributed by atoms with E-state index >= 15 is 0 Å². The van der Waals surface area contributed by atoms with Crippen molar-refractivity contribution in [2.75, 3.05) is 13.1 Å². The maximum Gasteiger partial charge on any atom is 0.306 e. The molecule has 0 bridgehead atoms. The normalized spacial score (nSPS) is 25.4. The maximum absolute atomic E-state index is 11.0. The third-order valence-corrected chi connectivity index (χ3v) is 4.81. The maximum atomic E-state index is 11.0. The van der Waals surface area contributed by atoms with Crippen LogP contribution >= 0.6 is 0 Å². The minimum Gasteiger partial charge on any atom is -0.481 e. The van der Waals surface area contributed by atoms with Crippen LogP contribution in [0.1, 0.15) is 36.9 Å². The molecule has 0 amide bonds. The fourth-order valence-corrected chi connectivity index (χ4v) is 3.43. The summed E-state index contributed by atoms with van der Waals surface area (Å²) in [4.78, 5) is 13.5. The van der Waals surface area contributed by atoms with E-state index in [-0.39, 0.29) is 5.92 Å². The zero-order valence-corrected chi connectivity index (χ0v) is 11.4. The zero-order valence-electron chi connectivity index (χ0n) is 11.4. The topological polar surface area (TPSA) is 40.5 Å². The van der Waals surface area contributed by atoms with Crippen LogP contribution in [0.15, 0.2) is 24.3 Å². The van der Waals surface area contributed by atoms with Crippen molar-refractivity contribution in [3.8, 4) is 0 Å². The number of carboxylic acid groups (broad SMARTS) is 1. The minimum absolute atomic E-state index is 0.213. The highest BCUT2D eigenvalue weighted by atomic mass is 16.4. The molecule has 0 aromatic heterocycles. The first kappa shape index (κ1) is 12.7. The van der Waals surface area contributed by atoms with Gasteiger partial charge in [-0.25, -0.2) is 0 Å². The van der Waals surface area contributed by atoms with Gasteiger partial charge in [-0.15, -0.1) is 0 Å². The molecule has 19 heavy (non-hydrogen) atoms. The van der Waals surface area contributed by atoms with Gasteiger partial charge < -0.3 is 5.11 Å². The third kappa shape index (κ3) is 2.27. The van der Waals surface area contributed by atoms with E-state index in [2.05, 4.69) is 29.2 Å². The van der Waals surface area contributed by atoms with E-state index in [0.717, 1.165) is 13.1 Å². The molecule has 2 aliphatic rings. The third-order valence-electron chi connectivity index (χ3n) is 4.81. The van der Waals surface area contributed by atoms with Crippen LogP contribution in [0, 0.1) is 11.8 Å². The second kappa shape index (κ2) is 4.97. The average Bonchev–Trinajstić information content (AvgIpc) is 2.37.